The van der Waals surface area contributed by atoms with Gasteiger partial charge in [0.1, 0.15) is 17.5 Å². The Balaban J connectivity index is 3.41. The molecular formula is C12H13ClN2O4S. The van der Waals surface area contributed by atoms with Gasteiger partial charge in [0.05, 0.1) is 5.56 Å². The number of carboxylic acid groups (broad SMARTS) is 1. The van der Waals surface area contributed by atoms with Gasteiger partial charge >= 0.3 is 5.97 Å². The van der Waals surface area contributed by atoms with Crippen LogP contribution >= 0.6 is 11.6 Å². The zero-order valence-electron chi connectivity index (χ0n) is 10.9. The lowest BCUT2D eigenvalue weighted by Gasteiger charge is -2.24. The molecule has 0 saturated carbocycles. The van der Waals surface area contributed by atoms with Crippen molar-refractivity contribution in [2.45, 2.75) is 24.8 Å². The molecule has 0 aliphatic carbocycles. The van der Waals surface area contributed by atoms with Gasteiger partial charge in [0.2, 0.25) is 10.0 Å². The summed E-state index contributed by atoms with van der Waals surface area (Å²) in [6.07, 6.45) is 0. The molecule has 0 radical (unpaired) electrons. The maximum absolute atomic E-state index is 12.5. The Kier molecular flexibility index (Phi) is 5.11. The molecule has 0 heterocycles. The molecule has 0 aliphatic heterocycles. The Labute approximate surface area is 122 Å². The molecule has 0 amide bonds. The number of carbonyl (C=O) groups is 1. The van der Waals surface area contributed by atoms with Crippen molar-refractivity contribution in [1.29, 1.82) is 5.26 Å². The Hall–Kier alpha value is -1.62. The lowest BCUT2D eigenvalue weighted by Crippen LogP contribution is -2.40. The van der Waals surface area contributed by atoms with Crippen molar-refractivity contribution in [3.8, 4) is 6.07 Å². The van der Waals surface area contributed by atoms with Gasteiger partial charge in [-0.2, -0.15) is 9.57 Å². The number of nitriles is 1. The highest BCUT2D eigenvalue weighted by Crippen LogP contribution is 2.24. The van der Waals surface area contributed by atoms with Crippen LogP contribution in [0.15, 0.2) is 23.1 Å². The molecule has 0 fully saturated rings. The van der Waals surface area contributed by atoms with E-state index in [0.717, 1.165) is 4.31 Å². The van der Waals surface area contributed by atoms with E-state index < -0.39 is 28.6 Å². The van der Waals surface area contributed by atoms with Gasteiger partial charge in [0, 0.05) is 11.1 Å². The van der Waals surface area contributed by atoms with Crippen molar-refractivity contribution in [3.05, 3.63) is 28.8 Å². The lowest BCUT2D eigenvalue weighted by atomic mass is 10.2. The predicted octanol–water partition coefficient (Wildman–Crippen LogP) is 1.70. The van der Waals surface area contributed by atoms with Gasteiger partial charge in [-0.1, -0.05) is 11.6 Å². The maximum Gasteiger partial charge on any atom is 0.318 e. The summed E-state index contributed by atoms with van der Waals surface area (Å²) < 4.78 is 25.8. The Morgan fingerprint density at radius 3 is 2.55 bits per heavy atom. The first kappa shape index (κ1) is 16.4. The van der Waals surface area contributed by atoms with Crippen molar-refractivity contribution in [2.75, 3.05) is 6.54 Å². The first-order chi connectivity index (χ1) is 9.20. The van der Waals surface area contributed by atoms with Crippen molar-refractivity contribution in [2.24, 2.45) is 0 Å². The lowest BCUT2D eigenvalue weighted by molar-refractivity contribution is -0.137. The van der Waals surface area contributed by atoms with Crippen LogP contribution in [0.3, 0.4) is 0 Å². The number of nitrogens with zero attached hydrogens (tertiary/aromatic N) is 2. The van der Waals surface area contributed by atoms with E-state index in [1.54, 1.807) is 19.9 Å². The van der Waals surface area contributed by atoms with Crippen molar-refractivity contribution >= 4 is 27.6 Å². The van der Waals surface area contributed by atoms with E-state index in [2.05, 4.69) is 0 Å². The highest BCUT2D eigenvalue weighted by atomic mass is 35.5. The molecule has 0 aromatic heterocycles. The molecule has 1 N–H and O–H groups in total. The minimum atomic E-state index is -4.08. The van der Waals surface area contributed by atoms with E-state index in [0.29, 0.717) is 0 Å². The summed E-state index contributed by atoms with van der Waals surface area (Å²) in [5.74, 6) is -1.27. The fraction of sp³-hybridized carbons (Fsp3) is 0.333. The predicted molar refractivity (Wildman–Crippen MR) is 72.8 cm³/mol. The largest absolute Gasteiger partial charge is 0.480 e. The SMILES string of the molecule is CC(C)N(CC(=O)O)S(=O)(=O)c1ccc(Cl)cc1C#N. The third kappa shape index (κ3) is 3.48. The summed E-state index contributed by atoms with van der Waals surface area (Å²) in [4.78, 5) is 10.6. The highest BCUT2D eigenvalue weighted by molar-refractivity contribution is 7.89. The molecule has 0 aliphatic rings. The monoisotopic (exact) mass is 316 g/mol. The number of aliphatic carboxylic acids is 1. The zero-order chi connectivity index (χ0) is 15.5. The number of sulfonamides is 1. The molecule has 0 bridgehead atoms. The summed E-state index contributed by atoms with van der Waals surface area (Å²) in [7, 11) is -4.08. The first-order valence-corrected chi connectivity index (χ1v) is 7.45. The van der Waals surface area contributed by atoms with E-state index in [-0.39, 0.29) is 15.5 Å². The van der Waals surface area contributed by atoms with Crippen LogP contribution in [-0.2, 0) is 14.8 Å². The molecule has 0 saturated heterocycles. The molecule has 1 aromatic rings. The highest BCUT2D eigenvalue weighted by Gasteiger charge is 2.31. The van der Waals surface area contributed by atoms with Crippen LogP contribution in [0.25, 0.3) is 0 Å². The van der Waals surface area contributed by atoms with E-state index in [9.17, 15) is 13.2 Å². The number of hydrogen-bond donors (Lipinski definition) is 1. The van der Waals surface area contributed by atoms with Crippen molar-refractivity contribution in [1.82, 2.24) is 4.31 Å². The molecule has 20 heavy (non-hydrogen) atoms. The minimum Gasteiger partial charge on any atom is -0.480 e. The van der Waals surface area contributed by atoms with Crippen LogP contribution in [0.4, 0.5) is 0 Å². The number of rotatable bonds is 5. The molecule has 0 unspecified atom stereocenters. The standard InChI is InChI=1S/C12H13ClN2O4S/c1-8(2)15(7-12(16)17)20(18,19)11-4-3-10(13)5-9(11)6-14/h3-5,8H,7H2,1-2H3,(H,16,17). The summed E-state index contributed by atoms with van der Waals surface area (Å²) in [6.45, 7) is 2.44. The number of halogens is 1. The minimum absolute atomic E-state index is 0.117. The van der Waals surface area contributed by atoms with Gasteiger partial charge < -0.3 is 5.11 Å². The molecule has 0 spiro atoms. The van der Waals surface area contributed by atoms with Gasteiger partial charge in [-0.25, -0.2) is 8.42 Å². The average molecular weight is 317 g/mol. The Morgan fingerprint density at radius 1 is 1.50 bits per heavy atom. The van der Waals surface area contributed by atoms with E-state index in [4.69, 9.17) is 22.0 Å². The van der Waals surface area contributed by atoms with E-state index in [1.165, 1.54) is 18.2 Å². The Bertz CT molecular complexity index is 665. The second kappa shape index (κ2) is 6.22. The zero-order valence-corrected chi connectivity index (χ0v) is 12.4. The normalized spacial score (nSPS) is 11.6. The molecule has 8 heteroatoms. The molecule has 0 atom stereocenters. The Morgan fingerprint density at radius 2 is 2.10 bits per heavy atom. The van der Waals surface area contributed by atoms with Crippen LogP contribution in [0, 0.1) is 11.3 Å². The van der Waals surface area contributed by atoms with Crippen molar-refractivity contribution < 1.29 is 18.3 Å². The molecule has 1 rings (SSSR count). The van der Waals surface area contributed by atoms with Crippen LogP contribution in [0.1, 0.15) is 19.4 Å². The van der Waals surface area contributed by atoms with E-state index >= 15 is 0 Å². The van der Waals surface area contributed by atoms with Crippen LogP contribution in [0.5, 0.6) is 0 Å². The first-order valence-electron chi connectivity index (χ1n) is 5.63. The third-order valence-electron chi connectivity index (χ3n) is 2.52. The van der Waals surface area contributed by atoms with Gasteiger partial charge in [0.15, 0.2) is 0 Å². The quantitative estimate of drug-likeness (QED) is 0.891. The summed E-state index contributed by atoms with van der Waals surface area (Å²) in [5, 5.41) is 18.1. The maximum atomic E-state index is 12.5. The topological polar surface area (TPSA) is 98.5 Å². The molecular weight excluding hydrogens is 304 g/mol. The van der Waals surface area contributed by atoms with E-state index in [1.807, 2.05) is 0 Å². The average Bonchev–Trinajstić information content (AvgIpc) is 2.34. The third-order valence-corrected chi connectivity index (χ3v) is 4.83. The number of carboxylic acids is 1. The summed E-state index contributed by atoms with van der Waals surface area (Å²) in [6, 6.07) is 4.97. The second-order valence-electron chi connectivity index (χ2n) is 4.29. The van der Waals surface area contributed by atoms with Crippen molar-refractivity contribution in [3.63, 3.8) is 0 Å². The number of hydrogen-bond acceptors (Lipinski definition) is 4. The summed E-state index contributed by atoms with van der Waals surface area (Å²) >= 11 is 5.72. The van der Waals surface area contributed by atoms with Crippen LogP contribution in [-0.4, -0.2) is 36.4 Å². The van der Waals surface area contributed by atoms with Crippen LogP contribution < -0.4 is 0 Å². The summed E-state index contributed by atoms with van der Waals surface area (Å²) in [5.41, 5.74) is -0.117. The van der Waals surface area contributed by atoms with Gasteiger partial charge in [0.25, 0.3) is 0 Å². The number of benzene rings is 1. The molecule has 108 valence electrons. The van der Waals surface area contributed by atoms with Gasteiger partial charge in [-0.05, 0) is 32.0 Å². The fourth-order valence-corrected chi connectivity index (χ4v) is 3.50. The fourth-order valence-electron chi connectivity index (χ4n) is 1.62. The smallest absolute Gasteiger partial charge is 0.318 e. The second-order valence-corrected chi connectivity index (χ2v) is 6.59. The van der Waals surface area contributed by atoms with Gasteiger partial charge in [-0.15, -0.1) is 0 Å². The molecule has 6 nitrogen and oxygen atoms in total. The molecule has 1 aromatic carbocycles. The van der Waals surface area contributed by atoms with Gasteiger partial charge in [-0.3, -0.25) is 4.79 Å². The van der Waals surface area contributed by atoms with Crippen LogP contribution in [0.2, 0.25) is 5.02 Å².